The Kier molecular flexibility index (Phi) is 5.08. The summed E-state index contributed by atoms with van der Waals surface area (Å²) in [6.07, 6.45) is 12.2. The number of hydrogen-bond acceptors (Lipinski definition) is 4. The molecule has 0 aliphatic heterocycles. The molecule has 0 amide bonds. The number of Topliss-reactive ketones (excluding diaryl/α,β-unsaturated/α-hetero) is 4. The highest BCUT2D eigenvalue weighted by Crippen LogP contribution is 2.51. The third kappa shape index (κ3) is 3.00. The molecule has 3 unspecified atom stereocenters. The van der Waals surface area contributed by atoms with Gasteiger partial charge in [0.2, 0.25) is 0 Å². The van der Waals surface area contributed by atoms with E-state index in [0.717, 1.165) is 75.4 Å². The van der Waals surface area contributed by atoms with E-state index in [4.69, 9.17) is 0 Å². The summed E-state index contributed by atoms with van der Waals surface area (Å²) in [7, 11) is 0. The second-order valence-corrected chi connectivity index (χ2v) is 10.1. The zero-order valence-electron chi connectivity index (χ0n) is 17.3. The number of allylic oxidation sites excluding steroid dienone is 2. The predicted molar refractivity (Wildman–Crippen MR) is 108 cm³/mol. The van der Waals surface area contributed by atoms with E-state index in [9.17, 15) is 19.2 Å². The van der Waals surface area contributed by atoms with Gasteiger partial charge in [-0.2, -0.15) is 0 Å². The van der Waals surface area contributed by atoms with Gasteiger partial charge in [-0.25, -0.2) is 0 Å². The SMILES string of the molecule is O=C1C2=C(CCCC2)C(=O)C1C(C1CCCCC1)C1C(=O)C2CCCCC2C1=O. The molecule has 4 nitrogen and oxygen atoms in total. The molecular formula is C25H32O4. The Bertz CT molecular complexity index is 731. The van der Waals surface area contributed by atoms with Crippen molar-refractivity contribution in [3.63, 3.8) is 0 Å². The second-order valence-electron chi connectivity index (χ2n) is 10.1. The number of fused-ring (bicyclic) bond motifs is 1. The molecule has 4 heteroatoms. The zero-order valence-corrected chi connectivity index (χ0v) is 17.3. The smallest absolute Gasteiger partial charge is 0.170 e. The quantitative estimate of drug-likeness (QED) is 0.663. The molecule has 0 saturated heterocycles. The van der Waals surface area contributed by atoms with Crippen molar-refractivity contribution in [1.82, 2.24) is 0 Å². The van der Waals surface area contributed by atoms with Gasteiger partial charge >= 0.3 is 0 Å². The van der Waals surface area contributed by atoms with Crippen molar-refractivity contribution in [2.45, 2.75) is 83.5 Å². The summed E-state index contributed by atoms with van der Waals surface area (Å²) in [5.74, 6) is -1.91. The first-order valence-corrected chi connectivity index (χ1v) is 12.0. The summed E-state index contributed by atoms with van der Waals surface area (Å²) in [6.45, 7) is 0. The Hall–Kier alpha value is -1.58. The summed E-state index contributed by atoms with van der Waals surface area (Å²) >= 11 is 0. The van der Waals surface area contributed by atoms with E-state index in [0.29, 0.717) is 12.8 Å². The van der Waals surface area contributed by atoms with Crippen LogP contribution in [0.1, 0.15) is 83.5 Å². The first-order valence-electron chi connectivity index (χ1n) is 12.0. The molecule has 3 saturated carbocycles. The van der Waals surface area contributed by atoms with Crippen LogP contribution in [0.2, 0.25) is 0 Å². The molecule has 156 valence electrons. The maximum atomic E-state index is 13.5. The molecule has 0 radical (unpaired) electrons. The minimum absolute atomic E-state index is 0.0317. The number of carbonyl (C=O) groups excluding carboxylic acids is 4. The Morgan fingerprint density at radius 2 is 1.03 bits per heavy atom. The molecule has 0 N–H and O–H groups in total. The summed E-state index contributed by atoms with van der Waals surface area (Å²) in [6, 6.07) is 0. The lowest BCUT2D eigenvalue weighted by Crippen LogP contribution is -2.42. The number of ketones is 4. The lowest BCUT2D eigenvalue weighted by atomic mass is 9.65. The molecule has 29 heavy (non-hydrogen) atoms. The molecule has 0 aromatic rings. The molecule has 5 aliphatic rings. The Labute approximate surface area is 172 Å². The molecule has 0 aromatic carbocycles. The summed E-state index contributed by atoms with van der Waals surface area (Å²) in [5.41, 5.74) is 1.48. The summed E-state index contributed by atoms with van der Waals surface area (Å²) in [4.78, 5) is 53.8. The topological polar surface area (TPSA) is 68.3 Å². The molecular weight excluding hydrogens is 364 g/mol. The van der Waals surface area contributed by atoms with E-state index in [2.05, 4.69) is 0 Å². The normalized spacial score (nSPS) is 35.2. The van der Waals surface area contributed by atoms with E-state index in [-0.39, 0.29) is 46.8 Å². The summed E-state index contributed by atoms with van der Waals surface area (Å²) < 4.78 is 0. The largest absolute Gasteiger partial charge is 0.299 e. The maximum absolute atomic E-state index is 13.5. The first kappa shape index (κ1) is 19.4. The number of carbonyl (C=O) groups is 4. The van der Waals surface area contributed by atoms with E-state index in [1.54, 1.807) is 0 Å². The van der Waals surface area contributed by atoms with Crippen LogP contribution in [0.4, 0.5) is 0 Å². The van der Waals surface area contributed by atoms with E-state index in [1.807, 2.05) is 0 Å². The van der Waals surface area contributed by atoms with Crippen LogP contribution in [0.15, 0.2) is 11.1 Å². The van der Waals surface area contributed by atoms with Crippen LogP contribution in [0.25, 0.3) is 0 Å². The lowest BCUT2D eigenvalue weighted by molar-refractivity contribution is -0.137. The Balaban J connectivity index is 1.53. The standard InChI is InChI=1S/C25H32O4/c26-22-15-10-4-5-11-16(15)23(27)20(22)19(14-8-2-1-3-9-14)21-24(28)17-12-6-7-13-18(17)25(21)29/h14-16,19-21H,1-13H2. The molecule has 0 bridgehead atoms. The minimum Gasteiger partial charge on any atom is -0.299 e. The molecule has 0 aromatic heterocycles. The monoisotopic (exact) mass is 396 g/mol. The van der Waals surface area contributed by atoms with Crippen LogP contribution in [-0.4, -0.2) is 23.1 Å². The minimum atomic E-state index is -0.751. The van der Waals surface area contributed by atoms with Gasteiger partial charge in [-0.3, -0.25) is 19.2 Å². The van der Waals surface area contributed by atoms with Gasteiger partial charge in [-0.1, -0.05) is 44.9 Å². The molecule has 0 spiro atoms. The van der Waals surface area contributed by atoms with Gasteiger partial charge < -0.3 is 0 Å². The highest BCUT2D eigenvalue weighted by Gasteiger charge is 2.58. The van der Waals surface area contributed by atoms with Crippen LogP contribution < -0.4 is 0 Å². The van der Waals surface area contributed by atoms with Crippen molar-refractivity contribution in [3.8, 4) is 0 Å². The zero-order chi connectivity index (χ0) is 20.1. The average Bonchev–Trinajstić information content (AvgIpc) is 3.16. The molecule has 3 atom stereocenters. The van der Waals surface area contributed by atoms with Crippen LogP contribution in [0.3, 0.4) is 0 Å². The van der Waals surface area contributed by atoms with Gasteiger partial charge in [-0.15, -0.1) is 0 Å². The van der Waals surface area contributed by atoms with Crippen molar-refractivity contribution in [3.05, 3.63) is 11.1 Å². The van der Waals surface area contributed by atoms with Gasteiger partial charge in [0.05, 0.1) is 11.8 Å². The highest BCUT2D eigenvalue weighted by atomic mass is 16.2. The van der Waals surface area contributed by atoms with Crippen LogP contribution in [0.5, 0.6) is 0 Å². The third-order valence-corrected chi connectivity index (χ3v) is 8.70. The Morgan fingerprint density at radius 1 is 0.552 bits per heavy atom. The average molecular weight is 397 g/mol. The van der Waals surface area contributed by atoms with Crippen LogP contribution >= 0.6 is 0 Å². The first-order chi connectivity index (χ1) is 14.1. The molecule has 0 heterocycles. The summed E-state index contributed by atoms with van der Waals surface area (Å²) in [5, 5.41) is 0. The Morgan fingerprint density at radius 3 is 1.55 bits per heavy atom. The van der Waals surface area contributed by atoms with Crippen molar-refractivity contribution in [2.75, 3.05) is 0 Å². The van der Waals surface area contributed by atoms with Crippen LogP contribution in [-0.2, 0) is 19.2 Å². The number of hydrogen-bond donors (Lipinski definition) is 0. The molecule has 5 rings (SSSR count). The van der Waals surface area contributed by atoms with Crippen molar-refractivity contribution >= 4 is 23.1 Å². The van der Waals surface area contributed by atoms with Gasteiger partial charge in [0.25, 0.3) is 0 Å². The van der Waals surface area contributed by atoms with E-state index >= 15 is 0 Å². The van der Waals surface area contributed by atoms with Crippen molar-refractivity contribution < 1.29 is 19.2 Å². The maximum Gasteiger partial charge on any atom is 0.170 e. The highest BCUT2D eigenvalue weighted by molar-refractivity contribution is 6.25. The van der Waals surface area contributed by atoms with Gasteiger partial charge in [0.15, 0.2) is 11.6 Å². The van der Waals surface area contributed by atoms with Gasteiger partial charge in [0, 0.05) is 23.0 Å². The van der Waals surface area contributed by atoms with Gasteiger partial charge in [0.1, 0.15) is 11.6 Å². The predicted octanol–water partition coefficient (Wildman–Crippen LogP) is 4.40. The fraction of sp³-hybridized carbons (Fsp3) is 0.760. The molecule has 5 aliphatic carbocycles. The fourth-order valence-electron chi connectivity index (χ4n) is 7.34. The fourth-order valence-corrected chi connectivity index (χ4v) is 7.34. The van der Waals surface area contributed by atoms with Crippen LogP contribution in [0, 0.1) is 35.5 Å². The van der Waals surface area contributed by atoms with E-state index < -0.39 is 11.8 Å². The molecule has 3 fully saturated rings. The van der Waals surface area contributed by atoms with Gasteiger partial charge in [-0.05, 0) is 50.4 Å². The second kappa shape index (κ2) is 7.59. The lowest BCUT2D eigenvalue weighted by Gasteiger charge is -2.36. The third-order valence-electron chi connectivity index (χ3n) is 8.70. The van der Waals surface area contributed by atoms with Crippen molar-refractivity contribution in [2.24, 2.45) is 35.5 Å². The number of rotatable bonds is 3. The van der Waals surface area contributed by atoms with Crippen molar-refractivity contribution in [1.29, 1.82) is 0 Å². The van der Waals surface area contributed by atoms with E-state index in [1.165, 1.54) is 6.42 Å².